The molecule has 0 bridgehead atoms. The van der Waals surface area contributed by atoms with Crippen LogP contribution in [-0.2, 0) is 11.2 Å². The number of aromatic nitrogens is 1. The SMILES string of the molecule is O=C(CCc1ccccc1)Nc1nc(C(=O)Nc2ccc(F)cc2F)cs1. The van der Waals surface area contributed by atoms with Crippen molar-refractivity contribution in [3.05, 3.63) is 76.8 Å². The van der Waals surface area contributed by atoms with Crippen molar-refractivity contribution in [3.8, 4) is 0 Å². The summed E-state index contributed by atoms with van der Waals surface area (Å²) in [4.78, 5) is 28.1. The molecule has 1 aromatic heterocycles. The van der Waals surface area contributed by atoms with Gasteiger partial charge in [-0.25, -0.2) is 13.8 Å². The van der Waals surface area contributed by atoms with E-state index in [0.717, 1.165) is 29.0 Å². The van der Waals surface area contributed by atoms with Gasteiger partial charge < -0.3 is 10.6 Å². The van der Waals surface area contributed by atoms with Gasteiger partial charge in [-0.3, -0.25) is 9.59 Å². The lowest BCUT2D eigenvalue weighted by atomic mass is 10.1. The summed E-state index contributed by atoms with van der Waals surface area (Å²) in [6.07, 6.45) is 0.876. The van der Waals surface area contributed by atoms with Gasteiger partial charge in [-0.1, -0.05) is 30.3 Å². The molecule has 8 heteroatoms. The first kappa shape index (κ1) is 18.7. The number of nitrogens with one attached hydrogen (secondary N) is 2. The van der Waals surface area contributed by atoms with Gasteiger partial charge in [0, 0.05) is 17.9 Å². The van der Waals surface area contributed by atoms with E-state index in [4.69, 9.17) is 0 Å². The van der Waals surface area contributed by atoms with Gasteiger partial charge in [0.2, 0.25) is 5.91 Å². The second-order valence-corrected chi connectivity index (χ2v) is 6.51. The van der Waals surface area contributed by atoms with Crippen LogP contribution in [0.1, 0.15) is 22.5 Å². The highest BCUT2D eigenvalue weighted by atomic mass is 32.1. The number of hydrogen-bond donors (Lipinski definition) is 2. The molecule has 1 heterocycles. The number of amides is 2. The van der Waals surface area contributed by atoms with Crippen LogP contribution in [0.4, 0.5) is 19.6 Å². The summed E-state index contributed by atoms with van der Waals surface area (Å²) in [7, 11) is 0. The Labute approximate surface area is 158 Å². The van der Waals surface area contributed by atoms with Crippen LogP contribution in [-0.4, -0.2) is 16.8 Å². The standard InChI is InChI=1S/C19H15F2N3O2S/c20-13-7-8-15(14(21)10-13)22-18(26)16-11-27-19(23-16)24-17(25)9-6-12-4-2-1-3-5-12/h1-5,7-8,10-11H,6,9H2,(H,22,26)(H,23,24,25). The fraction of sp³-hybridized carbons (Fsp3) is 0.105. The maximum Gasteiger partial charge on any atom is 0.275 e. The van der Waals surface area contributed by atoms with Crippen LogP contribution in [0.5, 0.6) is 0 Å². The molecule has 0 aliphatic carbocycles. The first-order chi connectivity index (χ1) is 13.0. The Balaban J connectivity index is 1.55. The van der Waals surface area contributed by atoms with Gasteiger partial charge in [0.15, 0.2) is 5.13 Å². The zero-order valence-electron chi connectivity index (χ0n) is 14.0. The highest BCUT2D eigenvalue weighted by Gasteiger charge is 2.14. The molecule has 0 unspecified atom stereocenters. The van der Waals surface area contributed by atoms with Crippen molar-refractivity contribution in [2.75, 3.05) is 10.6 Å². The number of anilines is 2. The van der Waals surface area contributed by atoms with E-state index in [1.54, 1.807) is 0 Å². The minimum absolute atomic E-state index is 0.0297. The predicted octanol–water partition coefficient (Wildman–Crippen LogP) is 4.24. The number of rotatable bonds is 6. The van der Waals surface area contributed by atoms with Crippen molar-refractivity contribution < 1.29 is 18.4 Å². The second-order valence-electron chi connectivity index (χ2n) is 5.65. The van der Waals surface area contributed by atoms with E-state index in [1.807, 2.05) is 30.3 Å². The Bertz CT molecular complexity index is 961. The molecule has 2 N–H and O–H groups in total. The zero-order chi connectivity index (χ0) is 19.2. The van der Waals surface area contributed by atoms with Crippen LogP contribution >= 0.6 is 11.3 Å². The number of halogens is 2. The minimum atomic E-state index is -0.881. The smallest absolute Gasteiger partial charge is 0.275 e. The lowest BCUT2D eigenvalue weighted by Crippen LogP contribution is -2.15. The number of aryl methyl sites for hydroxylation is 1. The second kappa shape index (κ2) is 8.50. The molecule has 27 heavy (non-hydrogen) atoms. The summed E-state index contributed by atoms with van der Waals surface area (Å²) in [5.41, 5.74) is 0.929. The molecule has 2 aromatic carbocycles. The van der Waals surface area contributed by atoms with Gasteiger partial charge >= 0.3 is 0 Å². The van der Waals surface area contributed by atoms with Crippen molar-refractivity contribution in [1.82, 2.24) is 4.98 Å². The van der Waals surface area contributed by atoms with E-state index >= 15 is 0 Å². The average Bonchev–Trinajstić information content (AvgIpc) is 3.12. The largest absolute Gasteiger partial charge is 0.318 e. The Kier molecular flexibility index (Phi) is 5.87. The van der Waals surface area contributed by atoms with Crippen LogP contribution in [0, 0.1) is 11.6 Å². The number of carbonyl (C=O) groups is 2. The van der Waals surface area contributed by atoms with Gasteiger partial charge in [0.25, 0.3) is 5.91 Å². The summed E-state index contributed by atoms with van der Waals surface area (Å²) in [5.74, 6) is -2.49. The summed E-state index contributed by atoms with van der Waals surface area (Å²) < 4.78 is 26.5. The van der Waals surface area contributed by atoms with E-state index < -0.39 is 17.5 Å². The van der Waals surface area contributed by atoms with Crippen LogP contribution in [0.2, 0.25) is 0 Å². The molecule has 0 radical (unpaired) electrons. The third kappa shape index (κ3) is 5.18. The van der Waals surface area contributed by atoms with Gasteiger partial charge in [0.05, 0.1) is 5.69 Å². The molecule has 0 saturated heterocycles. The lowest BCUT2D eigenvalue weighted by Gasteiger charge is -2.04. The van der Waals surface area contributed by atoms with Crippen LogP contribution in [0.15, 0.2) is 53.9 Å². The third-order valence-corrected chi connectivity index (χ3v) is 4.40. The molecule has 0 aliphatic heterocycles. The average molecular weight is 387 g/mol. The summed E-state index contributed by atoms with van der Waals surface area (Å²) in [5, 5.41) is 6.68. The van der Waals surface area contributed by atoms with Crippen LogP contribution < -0.4 is 10.6 Å². The fourth-order valence-corrected chi connectivity index (χ4v) is 3.00. The maximum absolute atomic E-state index is 13.6. The number of nitrogens with zero attached hydrogens (tertiary/aromatic N) is 1. The highest BCUT2D eigenvalue weighted by Crippen LogP contribution is 2.19. The van der Waals surface area contributed by atoms with Crippen LogP contribution in [0.3, 0.4) is 0 Å². The van der Waals surface area contributed by atoms with E-state index in [9.17, 15) is 18.4 Å². The minimum Gasteiger partial charge on any atom is -0.318 e. The van der Waals surface area contributed by atoms with Crippen molar-refractivity contribution in [3.63, 3.8) is 0 Å². The van der Waals surface area contributed by atoms with E-state index in [2.05, 4.69) is 15.6 Å². The fourth-order valence-electron chi connectivity index (χ4n) is 2.30. The first-order valence-electron chi connectivity index (χ1n) is 8.07. The Morgan fingerprint density at radius 2 is 1.81 bits per heavy atom. The molecule has 3 aromatic rings. The Morgan fingerprint density at radius 3 is 2.56 bits per heavy atom. The highest BCUT2D eigenvalue weighted by molar-refractivity contribution is 7.14. The van der Waals surface area contributed by atoms with Crippen molar-refractivity contribution in [1.29, 1.82) is 0 Å². The van der Waals surface area contributed by atoms with E-state index in [1.165, 1.54) is 5.38 Å². The molecule has 0 aliphatic rings. The first-order valence-corrected chi connectivity index (χ1v) is 8.95. The molecule has 0 atom stereocenters. The normalized spacial score (nSPS) is 10.4. The molecule has 3 rings (SSSR count). The molecular weight excluding hydrogens is 372 g/mol. The molecule has 0 saturated carbocycles. The molecular formula is C19H15F2N3O2S. The maximum atomic E-state index is 13.6. The quantitative estimate of drug-likeness (QED) is 0.664. The van der Waals surface area contributed by atoms with E-state index in [-0.39, 0.29) is 28.8 Å². The van der Waals surface area contributed by atoms with Crippen molar-refractivity contribution in [2.24, 2.45) is 0 Å². The number of thiazole rings is 1. The molecule has 2 amide bonds. The monoisotopic (exact) mass is 387 g/mol. The number of carbonyl (C=O) groups excluding carboxylic acids is 2. The van der Waals surface area contributed by atoms with Gasteiger partial charge in [-0.2, -0.15) is 0 Å². The summed E-state index contributed by atoms with van der Waals surface area (Å²) >= 11 is 1.09. The van der Waals surface area contributed by atoms with Gasteiger partial charge in [0.1, 0.15) is 17.3 Å². The Hall–Kier alpha value is -3.13. The van der Waals surface area contributed by atoms with Crippen molar-refractivity contribution >= 4 is 34.0 Å². The molecule has 0 fully saturated rings. The molecule has 0 spiro atoms. The lowest BCUT2D eigenvalue weighted by molar-refractivity contribution is -0.116. The number of benzene rings is 2. The third-order valence-electron chi connectivity index (χ3n) is 3.65. The molecule has 5 nitrogen and oxygen atoms in total. The van der Waals surface area contributed by atoms with Crippen molar-refractivity contribution in [2.45, 2.75) is 12.8 Å². The van der Waals surface area contributed by atoms with Crippen LogP contribution in [0.25, 0.3) is 0 Å². The van der Waals surface area contributed by atoms with Gasteiger partial charge in [-0.15, -0.1) is 11.3 Å². The number of hydrogen-bond acceptors (Lipinski definition) is 4. The molecule has 138 valence electrons. The zero-order valence-corrected chi connectivity index (χ0v) is 14.9. The van der Waals surface area contributed by atoms with Gasteiger partial charge in [-0.05, 0) is 24.1 Å². The Morgan fingerprint density at radius 1 is 1.04 bits per heavy atom. The summed E-state index contributed by atoms with van der Waals surface area (Å²) in [6.45, 7) is 0. The topological polar surface area (TPSA) is 71.1 Å². The van der Waals surface area contributed by atoms with E-state index in [0.29, 0.717) is 12.5 Å². The summed E-state index contributed by atoms with van der Waals surface area (Å²) in [6, 6.07) is 12.4. The predicted molar refractivity (Wildman–Crippen MR) is 99.8 cm³/mol.